The van der Waals surface area contributed by atoms with Gasteiger partial charge in [0.25, 0.3) is 0 Å². The maximum atomic E-state index is 10.0. The molecule has 0 aromatic heterocycles. The Bertz CT molecular complexity index is 602. The van der Waals surface area contributed by atoms with Gasteiger partial charge in [-0.1, -0.05) is 50.0 Å². The minimum absolute atomic E-state index is 0.388. The molecule has 0 heterocycles. The van der Waals surface area contributed by atoms with Crippen LogP contribution in [0.25, 0.3) is 0 Å². The molecule has 3 nitrogen and oxygen atoms in total. The smallest absolute Gasteiger partial charge is 0.0602 e. The zero-order valence-corrected chi connectivity index (χ0v) is 19.2. The van der Waals surface area contributed by atoms with Crippen LogP contribution in [0.2, 0.25) is 0 Å². The van der Waals surface area contributed by atoms with Crippen molar-refractivity contribution >= 4 is 0 Å². The molecule has 0 saturated heterocycles. The Kier molecular flexibility index (Phi) is 7.34. The van der Waals surface area contributed by atoms with E-state index < -0.39 is 5.60 Å². The van der Waals surface area contributed by atoms with Crippen molar-refractivity contribution in [3.05, 3.63) is 23.3 Å². The molecule has 0 aliphatic heterocycles. The zero-order chi connectivity index (χ0) is 21.2. The fraction of sp³-hybridized carbons (Fsp3) is 0.846. The van der Waals surface area contributed by atoms with E-state index in [9.17, 15) is 15.3 Å². The SMILES string of the molecule is C[C@H](CCCC(C)(C)O)C1CC[C@H]2/C(=C/C=C3C[C@@H](O)C[C@H](O)C3)CCC[C@]12C. The van der Waals surface area contributed by atoms with Gasteiger partial charge >= 0.3 is 0 Å². The highest BCUT2D eigenvalue weighted by Gasteiger charge is 2.50. The number of aliphatic hydroxyl groups excluding tert-OH is 2. The molecule has 3 rings (SSSR count). The average molecular weight is 405 g/mol. The molecule has 6 atom stereocenters. The third-order valence-corrected chi connectivity index (χ3v) is 8.25. The van der Waals surface area contributed by atoms with E-state index in [1.54, 1.807) is 5.57 Å². The van der Waals surface area contributed by atoms with Gasteiger partial charge in [-0.15, -0.1) is 0 Å². The monoisotopic (exact) mass is 404 g/mol. The van der Waals surface area contributed by atoms with Crippen LogP contribution >= 0.6 is 0 Å². The molecule has 0 spiro atoms. The van der Waals surface area contributed by atoms with Crippen LogP contribution in [0.15, 0.2) is 23.3 Å². The fourth-order valence-electron chi connectivity index (χ4n) is 6.80. The molecule has 0 aromatic carbocycles. The molecule has 3 fully saturated rings. The average Bonchev–Trinajstić information content (AvgIpc) is 2.95. The van der Waals surface area contributed by atoms with E-state index in [1.807, 2.05) is 13.8 Å². The van der Waals surface area contributed by atoms with Crippen molar-refractivity contribution in [3.8, 4) is 0 Å². The summed E-state index contributed by atoms with van der Waals surface area (Å²) in [5.41, 5.74) is 2.66. The van der Waals surface area contributed by atoms with Gasteiger partial charge in [0.15, 0.2) is 0 Å². The summed E-state index contributed by atoms with van der Waals surface area (Å²) >= 11 is 0. The first kappa shape index (κ1) is 23.0. The lowest BCUT2D eigenvalue weighted by atomic mass is 9.60. The van der Waals surface area contributed by atoms with Crippen molar-refractivity contribution in [2.45, 2.75) is 116 Å². The first-order chi connectivity index (χ1) is 13.6. The van der Waals surface area contributed by atoms with Crippen LogP contribution in [-0.4, -0.2) is 33.1 Å². The van der Waals surface area contributed by atoms with Crippen molar-refractivity contribution in [1.29, 1.82) is 0 Å². The second-order valence-corrected chi connectivity index (χ2v) is 11.3. The summed E-state index contributed by atoms with van der Waals surface area (Å²) in [4.78, 5) is 0. The normalized spacial score (nSPS) is 38.2. The minimum atomic E-state index is -0.545. The maximum Gasteiger partial charge on any atom is 0.0602 e. The summed E-state index contributed by atoms with van der Waals surface area (Å²) in [7, 11) is 0. The van der Waals surface area contributed by atoms with E-state index in [1.165, 1.54) is 44.1 Å². The molecule has 0 aromatic rings. The summed E-state index contributed by atoms with van der Waals surface area (Å²) in [6, 6.07) is 0. The fourth-order valence-corrected chi connectivity index (χ4v) is 6.80. The van der Waals surface area contributed by atoms with Gasteiger partial charge in [-0.05, 0) is 94.8 Å². The number of hydrogen-bond donors (Lipinski definition) is 3. The van der Waals surface area contributed by atoms with Crippen LogP contribution in [0.5, 0.6) is 0 Å². The summed E-state index contributed by atoms with van der Waals surface area (Å²) in [6.07, 6.45) is 15.4. The van der Waals surface area contributed by atoms with Gasteiger partial charge in [0.05, 0.1) is 17.8 Å². The molecule has 3 aliphatic rings. The molecule has 3 heteroatoms. The molecule has 3 N–H and O–H groups in total. The zero-order valence-electron chi connectivity index (χ0n) is 19.2. The molecule has 166 valence electrons. The van der Waals surface area contributed by atoms with Crippen LogP contribution in [-0.2, 0) is 0 Å². The van der Waals surface area contributed by atoms with Crippen molar-refractivity contribution in [2.75, 3.05) is 0 Å². The predicted molar refractivity (Wildman–Crippen MR) is 120 cm³/mol. The molecule has 0 amide bonds. The standard InChI is InChI=1S/C26H44O3/c1-18(7-5-13-25(2,3)29)23-11-12-24-20(8-6-14-26(23,24)4)10-9-19-15-21(27)17-22(28)16-19/h9-10,18,21-24,27-29H,5-8,11-17H2,1-4H3/b20-10+/t18-,21-,22-,23?,24+,26-/m1/s1. The van der Waals surface area contributed by atoms with Crippen molar-refractivity contribution in [3.63, 3.8) is 0 Å². The first-order valence-electron chi connectivity index (χ1n) is 12.1. The number of allylic oxidation sites excluding steroid dienone is 3. The summed E-state index contributed by atoms with van der Waals surface area (Å²) in [5, 5.41) is 29.9. The molecule has 0 radical (unpaired) electrons. The molecular weight excluding hydrogens is 360 g/mol. The first-order valence-corrected chi connectivity index (χ1v) is 12.1. The van der Waals surface area contributed by atoms with E-state index in [0.29, 0.717) is 36.5 Å². The Labute approximate surface area is 178 Å². The summed E-state index contributed by atoms with van der Waals surface area (Å²) in [6.45, 7) is 8.81. The number of hydrogen-bond acceptors (Lipinski definition) is 3. The lowest BCUT2D eigenvalue weighted by Crippen LogP contribution is -2.36. The van der Waals surface area contributed by atoms with Gasteiger partial charge in [0.2, 0.25) is 0 Å². The third kappa shape index (κ3) is 5.74. The Morgan fingerprint density at radius 2 is 1.83 bits per heavy atom. The highest BCUT2D eigenvalue weighted by molar-refractivity contribution is 5.26. The lowest BCUT2D eigenvalue weighted by molar-refractivity contribution is 0.0591. The lowest BCUT2D eigenvalue weighted by Gasteiger charge is -2.44. The quantitative estimate of drug-likeness (QED) is 0.545. The van der Waals surface area contributed by atoms with Crippen LogP contribution < -0.4 is 0 Å². The minimum Gasteiger partial charge on any atom is -0.393 e. The van der Waals surface area contributed by atoms with Crippen molar-refractivity contribution < 1.29 is 15.3 Å². The van der Waals surface area contributed by atoms with Crippen LogP contribution in [0.1, 0.15) is 98.3 Å². The van der Waals surface area contributed by atoms with E-state index >= 15 is 0 Å². The van der Waals surface area contributed by atoms with Crippen LogP contribution in [0.3, 0.4) is 0 Å². The molecule has 0 bridgehead atoms. The molecule has 3 aliphatic carbocycles. The Morgan fingerprint density at radius 3 is 2.48 bits per heavy atom. The second kappa shape index (κ2) is 9.24. The van der Waals surface area contributed by atoms with Crippen LogP contribution in [0.4, 0.5) is 0 Å². The van der Waals surface area contributed by atoms with Gasteiger partial charge < -0.3 is 15.3 Å². The molecule has 1 unspecified atom stereocenters. The summed E-state index contributed by atoms with van der Waals surface area (Å²) < 4.78 is 0. The van der Waals surface area contributed by atoms with Gasteiger partial charge in [-0.2, -0.15) is 0 Å². The van der Waals surface area contributed by atoms with E-state index in [-0.39, 0.29) is 12.2 Å². The Hall–Kier alpha value is -0.640. The van der Waals surface area contributed by atoms with Crippen LogP contribution in [0, 0.1) is 23.2 Å². The van der Waals surface area contributed by atoms with Crippen molar-refractivity contribution in [1.82, 2.24) is 0 Å². The van der Waals surface area contributed by atoms with Gasteiger partial charge in [-0.25, -0.2) is 0 Å². The molecule has 3 saturated carbocycles. The van der Waals surface area contributed by atoms with E-state index in [0.717, 1.165) is 18.8 Å². The van der Waals surface area contributed by atoms with E-state index in [2.05, 4.69) is 26.0 Å². The van der Waals surface area contributed by atoms with E-state index in [4.69, 9.17) is 0 Å². The Morgan fingerprint density at radius 1 is 1.14 bits per heavy atom. The number of aliphatic hydroxyl groups is 3. The van der Waals surface area contributed by atoms with Gasteiger partial charge in [-0.3, -0.25) is 0 Å². The van der Waals surface area contributed by atoms with Crippen molar-refractivity contribution in [2.24, 2.45) is 23.2 Å². The Balaban J connectivity index is 1.66. The molecule has 29 heavy (non-hydrogen) atoms. The highest BCUT2D eigenvalue weighted by atomic mass is 16.3. The molecular formula is C26H44O3. The largest absolute Gasteiger partial charge is 0.393 e. The third-order valence-electron chi connectivity index (χ3n) is 8.25. The topological polar surface area (TPSA) is 60.7 Å². The number of rotatable bonds is 6. The summed E-state index contributed by atoms with van der Waals surface area (Å²) in [5.74, 6) is 2.19. The number of fused-ring (bicyclic) bond motifs is 1. The predicted octanol–water partition coefficient (Wildman–Crippen LogP) is 5.54. The highest BCUT2D eigenvalue weighted by Crippen LogP contribution is 2.59. The maximum absolute atomic E-state index is 10.0. The van der Waals surface area contributed by atoms with Gasteiger partial charge in [0.1, 0.15) is 0 Å². The van der Waals surface area contributed by atoms with Gasteiger partial charge in [0, 0.05) is 0 Å². The second-order valence-electron chi connectivity index (χ2n) is 11.3.